The van der Waals surface area contributed by atoms with Crippen molar-refractivity contribution in [3.05, 3.63) is 17.8 Å². The Bertz CT molecular complexity index is 741. The van der Waals surface area contributed by atoms with Gasteiger partial charge >= 0.3 is 0 Å². The first-order chi connectivity index (χ1) is 9.10. The zero-order valence-corrected chi connectivity index (χ0v) is 11.7. The summed E-state index contributed by atoms with van der Waals surface area (Å²) in [5.41, 5.74) is 9.29. The van der Waals surface area contributed by atoms with Crippen LogP contribution in [-0.2, 0) is 7.05 Å². The number of nitrogen functional groups attached to an aromatic ring is 1. The smallest absolute Gasteiger partial charge is 0.224 e. The standard InChI is InChI=1S/C12H13N5OS/c1-6-5-14-17(2)9(6)7-4-8-10(15-11(7)18-3)16-12(13)19-8/h4-5H,1-3H3,(H2,13,15,16). The molecule has 6 nitrogen and oxygen atoms in total. The molecule has 3 rings (SSSR count). The van der Waals surface area contributed by atoms with Crippen molar-refractivity contribution in [1.29, 1.82) is 0 Å². The third kappa shape index (κ3) is 1.82. The van der Waals surface area contributed by atoms with E-state index >= 15 is 0 Å². The van der Waals surface area contributed by atoms with Gasteiger partial charge in [0.2, 0.25) is 5.88 Å². The van der Waals surface area contributed by atoms with Gasteiger partial charge in [-0.2, -0.15) is 10.1 Å². The molecule has 0 unspecified atom stereocenters. The molecule has 0 aromatic carbocycles. The molecule has 3 heterocycles. The normalized spacial score (nSPS) is 11.1. The summed E-state index contributed by atoms with van der Waals surface area (Å²) < 4.78 is 8.12. The zero-order valence-electron chi connectivity index (χ0n) is 10.8. The molecule has 0 aliphatic carbocycles. The second-order valence-corrected chi connectivity index (χ2v) is 5.28. The Kier molecular flexibility index (Phi) is 2.63. The molecule has 0 amide bonds. The highest BCUT2D eigenvalue weighted by molar-refractivity contribution is 7.22. The number of pyridine rings is 1. The van der Waals surface area contributed by atoms with Crippen LogP contribution in [0.5, 0.6) is 5.88 Å². The fraction of sp³-hybridized carbons (Fsp3) is 0.250. The fourth-order valence-corrected chi connectivity index (χ4v) is 2.84. The number of nitrogens with zero attached hydrogens (tertiary/aromatic N) is 4. The predicted molar refractivity (Wildman–Crippen MR) is 75.3 cm³/mol. The van der Waals surface area contributed by atoms with E-state index in [1.54, 1.807) is 7.11 Å². The number of nitrogens with two attached hydrogens (primary N) is 1. The fourth-order valence-electron chi connectivity index (χ4n) is 2.12. The van der Waals surface area contributed by atoms with Crippen LogP contribution in [0.4, 0.5) is 5.13 Å². The summed E-state index contributed by atoms with van der Waals surface area (Å²) in [5.74, 6) is 0.532. The van der Waals surface area contributed by atoms with Gasteiger partial charge in [-0.1, -0.05) is 11.3 Å². The summed E-state index contributed by atoms with van der Waals surface area (Å²) in [4.78, 5) is 8.58. The first-order valence-corrected chi connectivity index (χ1v) is 6.52. The topological polar surface area (TPSA) is 78.8 Å². The van der Waals surface area contributed by atoms with Crippen molar-refractivity contribution < 1.29 is 4.74 Å². The Morgan fingerprint density at radius 2 is 2.16 bits per heavy atom. The number of anilines is 1. The van der Waals surface area contributed by atoms with Gasteiger partial charge in [0.05, 0.1) is 29.3 Å². The zero-order chi connectivity index (χ0) is 13.6. The second-order valence-electron chi connectivity index (χ2n) is 4.22. The second kappa shape index (κ2) is 4.20. The summed E-state index contributed by atoms with van der Waals surface area (Å²) in [5, 5.41) is 4.75. The van der Waals surface area contributed by atoms with Gasteiger partial charge in [0, 0.05) is 7.05 Å². The van der Waals surface area contributed by atoms with Crippen LogP contribution in [-0.4, -0.2) is 26.9 Å². The Hall–Kier alpha value is -2.15. The van der Waals surface area contributed by atoms with E-state index in [9.17, 15) is 0 Å². The number of ether oxygens (including phenoxy) is 1. The average molecular weight is 275 g/mol. The molecule has 0 bridgehead atoms. The van der Waals surface area contributed by atoms with E-state index in [2.05, 4.69) is 15.1 Å². The lowest BCUT2D eigenvalue weighted by Gasteiger charge is -2.08. The molecule has 0 aliphatic heterocycles. The maximum absolute atomic E-state index is 5.72. The number of aryl methyl sites for hydroxylation is 2. The first-order valence-electron chi connectivity index (χ1n) is 5.70. The van der Waals surface area contributed by atoms with E-state index in [1.165, 1.54) is 11.3 Å². The molecule has 3 aromatic heterocycles. The van der Waals surface area contributed by atoms with Gasteiger partial charge in [0.1, 0.15) is 0 Å². The Labute approximate surface area is 113 Å². The molecule has 7 heteroatoms. The lowest BCUT2D eigenvalue weighted by molar-refractivity contribution is 0.400. The Morgan fingerprint density at radius 3 is 2.79 bits per heavy atom. The molecule has 0 radical (unpaired) electrons. The van der Waals surface area contributed by atoms with Gasteiger partial charge in [0.15, 0.2) is 10.8 Å². The first kappa shape index (κ1) is 11.9. The van der Waals surface area contributed by atoms with Gasteiger partial charge in [0.25, 0.3) is 0 Å². The highest BCUT2D eigenvalue weighted by atomic mass is 32.1. The third-order valence-corrected chi connectivity index (χ3v) is 3.76. The summed E-state index contributed by atoms with van der Waals surface area (Å²) in [6.45, 7) is 2.01. The molecule has 0 saturated heterocycles. The Morgan fingerprint density at radius 1 is 1.37 bits per heavy atom. The molecule has 19 heavy (non-hydrogen) atoms. The van der Waals surface area contributed by atoms with Crippen molar-refractivity contribution in [2.24, 2.45) is 7.05 Å². The maximum Gasteiger partial charge on any atom is 0.224 e. The van der Waals surface area contributed by atoms with Crippen molar-refractivity contribution in [1.82, 2.24) is 19.7 Å². The van der Waals surface area contributed by atoms with Crippen LogP contribution >= 0.6 is 11.3 Å². The van der Waals surface area contributed by atoms with E-state index in [4.69, 9.17) is 10.5 Å². The van der Waals surface area contributed by atoms with E-state index < -0.39 is 0 Å². The third-order valence-electron chi connectivity index (χ3n) is 2.93. The molecule has 0 spiro atoms. The van der Waals surface area contributed by atoms with Gasteiger partial charge in [-0.25, -0.2) is 4.98 Å². The number of hydrogen-bond donors (Lipinski definition) is 1. The maximum atomic E-state index is 5.72. The SMILES string of the molecule is COc1nc2nc(N)sc2cc1-c1c(C)cnn1C. The highest BCUT2D eigenvalue weighted by Gasteiger charge is 2.17. The lowest BCUT2D eigenvalue weighted by atomic mass is 10.1. The van der Waals surface area contributed by atoms with E-state index in [0.717, 1.165) is 21.5 Å². The molecule has 0 saturated carbocycles. The number of methoxy groups -OCH3 is 1. The summed E-state index contributed by atoms with van der Waals surface area (Å²) >= 11 is 1.41. The van der Waals surface area contributed by atoms with Crippen molar-refractivity contribution in [3.8, 4) is 17.1 Å². The molecule has 0 fully saturated rings. The minimum atomic E-state index is 0.503. The molecular formula is C12H13N5OS. The molecule has 98 valence electrons. The largest absolute Gasteiger partial charge is 0.480 e. The molecule has 3 aromatic rings. The van der Waals surface area contributed by atoms with Crippen molar-refractivity contribution in [2.45, 2.75) is 6.92 Å². The van der Waals surface area contributed by atoms with Gasteiger partial charge in [-0.15, -0.1) is 0 Å². The van der Waals surface area contributed by atoms with Crippen molar-refractivity contribution in [3.63, 3.8) is 0 Å². The monoisotopic (exact) mass is 275 g/mol. The number of hydrogen-bond acceptors (Lipinski definition) is 6. The molecular weight excluding hydrogens is 262 g/mol. The van der Waals surface area contributed by atoms with Crippen LogP contribution in [0.3, 0.4) is 0 Å². The van der Waals surface area contributed by atoms with Crippen LogP contribution in [0.1, 0.15) is 5.56 Å². The minimum Gasteiger partial charge on any atom is -0.480 e. The van der Waals surface area contributed by atoms with Gasteiger partial charge < -0.3 is 10.5 Å². The van der Waals surface area contributed by atoms with Crippen LogP contribution in [0.15, 0.2) is 12.3 Å². The summed E-state index contributed by atoms with van der Waals surface area (Å²) in [6.07, 6.45) is 1.82. The number of aromatic nitrogens is 4. The Balaban J connectivity index is 2.33. The van der Waals surface area contributed by atoms with Crippen LogP contribution in [0.2, 0.25) is 0 Å². The predicted octanol–water partition coefficient (Wildman–Crippen LogP) is 1.99. The van der Waals surface area contributed by atoms with Gasteiger partial charge in [-0.3, -0.25) is 4.68 Å². The molecule has 0 atom stereocenters. The number of rotatable bonds is 2. The number of thiazole rings is 1. The highest BCUT2D eigenvalue weighted by Crippen LogP contribution is 2.35. The van der Waals surface area contributed by atoms with Crippen molar-refractivity contribution >= 4 is 26.8 Å². The molecule has 0 aliphatic rings. The van der Waals surface area contributed by atoms with E-state index in [0.29, 0.717) is 16.7 Å². The number of fused-ring (bicyclic) bond motifs is 1. The van der Waals surface area contributed by atoms with Gasteiger partial charge in [-0.05, 0) is 18.6 Å². The summed E-state index contributed by atoms with van der Waals surface area (Å²) in [6, 6.07) is 2.00. The molecule has 2 N–H and O–H groups in total. The van der Waals surface area contributed by atoms with E-state index in [1.807, 2.05) is 30.9 Å². The minimum absolute atomic E-state index is 0.503. The van der Waals surface area contributed by atoms with Crippen LogP contribution in [0.25, 0.3) is 21.6 Å². The van der Waals surface area contributed by atoms with Crippen LogP contribution in [0, 0.1) is 6.92 Å². The quantitative estimate of drug-likeness (QED) is 0.773. The lowest BCUT2D eigenvalue weighted by Crippen LogP contribution is -1.98. The van der Waals surface area contributed by atoms with Crippen molar-refractivity contribution in [2.75, 3.05) is 12.8 Å². The van der Waals surface area contributed by atoms with E-state index in [-0.39, 0.29) is 0 Å². The average Bonchev–Trinajstić information content (AvgIpc) is 2.89. The van der Waals surface area contributed by atoms with Crippen LogP contribution < -0.4 is 10.5 Å². The summed E-state index contributed by atoms with van der Waals surface area (Å²) in [7, 11) is 3.49.